The SMILES string of the molecule is CCn1cc(NC(=O)N2CCCC(C)C2)c2ccccc21. The van der Waals surface area contributed by atoms with Crippen LogP contribution in [-0.4, -0.2) is 28.6 Å². The molecule has 1 aromatic heterocycles. The number of nitrogens with one attached hydrogen (secondary N) is 1. The van der Waals surface area contributed by atoms with Gasteiger partial charge in [0.15, 0.2) is 0 Å². The summed E-state index contributed by atoms with van der Waals surface area (Å²) in [6, 6.07) is 8.24. The van der Waals surface area contributed by atoms with Gasteiger partial charge in [0.2, 0.25) is 0 Å². The maximum absolute atomic E-state index is 12.5. The summed E-state index contributed by atoms with van der Waals surface area (Å²) in [5, 5.41) is 4.21. The van der Waals surface area contributed by atoms with Gasteiger partial charge in [0.25, 0.3) is 0 Å². The van der Waals surface area contributed by atoms with Crippen LogP contribution in [0.2, 0.25) is 0 Å². The molecule has 1 unspecified atom stereocenters. The van der Waals surface area contributed by atoms with Gasteiger partial charge in [-0.15, -0.1) is 0 Å². The Labute approximate surface area is 125 Å². The van der Waals surface area contributed by atoms with Crippen molar-refractivity contribution in [2.24, 2.45) is 5.92 Å². The second-order valence-corrected chi connectivity index (χ2v) is 5.97. The average molecular weight is 285 g/mol. The fourth-order valence-electron chi connectivity index (χ4n) is 3.18. The number of aromatic nitrogens is 1. The molecule has 1 aromatic carbocycles. The van der Waals surface area contributed by atoms with Crippen LogP contribution in [0, 0.1) is 5.92 Å². The first-order valence-electron chi connectivity index (χ1n) is 7.83. The molecular weight excluding hydrogens is 262 g/mol. The number of fused-ring (bicyclic) bond motifs is 1. The lowest BCUT2D eigenvalue weighted by Gasteiger charge is -2.30. The van der Waals surface area contributed by atoms with E-state index in [1.807, 2.05) is 23.2 Å². The fourth-order valence-corrected chi connectivity index (χ4v) is 3.18. The molecule has 0 aliphatic carbocycles. The number of piperidine rings is 1. The van der Waals surface area contributed by atoms with Gasteiger partial charge in [-0.1, -0.05) is 25.1 Å². The van der Waals surface area contributed by atoms with Gasteiger partial charge in [0, 0.05) is 31.2 Å². The highest BCUT2D eigenvalue weighted by Crippen LogP contribution is 2.26. The van der Waals surface area contributed by atoms with Crippen molar-refractivity contribution in [2.75, 3.05) is 18.4 Å². The predicted octanol–water partition coefficient (Wildman–Crippen LogP) is 3.93. The number of benzene rings is 1. The maximum atomic E-state index is 12.5. The minimum atomic E-state index is 0.0283. The van der Waals surface area contributed by atoms with Crippen molar-refractivity contribution in [3.8, 4) is 0 Å². The van der Waals surface area contributed by atoms with Gasteiger partial charge in [-0.3, -0.25) is 0 Å². The minimum absolute atomic E-state index is 0.0283. The van der Waals surface area contributed by atoms with Crippen LogP contribution in [0.4, 0.5) is 10.5 Å². The molecule has 4 heteroatoms. The van der Waals surface area contributed by atoms with Gasteiger partial charge in [0.05, 0.1) is 11.2 Å². The lowest BCUT2D eigenvalue weighted by atomic mass is 10.0. The predicted molar refractivity (Wildman–Crippen MR) is 86.6 cm³/mol. The standard InChI is InChI=1S/C17H23N3O/c1-3-19-12-15(14-8-4-5-9-16(14)19)18-17(21)20-10-6-7-13(2)11-20/h4-5,8-9,12-13H,3,6-7,10-11H2,1-2H3,(H,18,21). The monoisotopic (exact) mass is 285 g/mol. The van der Waals surface area contributed by atoms with Gasteiger partial charge >= 0.3 is 6.03 Å². The number of nitrogens with zero attached hydrogens (tertiary/aromatic N) is 2. The third-order valence-electron chi connectivity index (χ3n) is 4.32. The normalized spacial score (nSPS) is 19.0. The van der Waals surface area contributed by atoms with Crippen LogP contribution >= 0.6 is 0 Å². The third-order valence-corrected chi connectivity index (χ3v) is 4.32. The van der Waals surface area contributed by atoms with Crippen LogP contribution in [0.1, 0.15) is 26.7 Å². The molecule has 1 fully saturated rings. The maximum Gasteiger partial charge on any atom is 0.321 e. The van der Waals surface area contributed by atoms with E-state index < -0.39 is 0 Å². The lowest BCUT2D eigenvalue weighted by molar-refractivity contribution is 0.182. The van der Waals surface area contributed by atoms with Gasteiger partial charge in [-0.25, -0.2) is 4.79 Å². The van der Waals surface area contributed by atoms with Gasteiger partial charge in [0.1, 0.15) is 0 Å². The zero-order chi connectivity index (χ0) is 14.8. The Hall–Kier alpha value is -1.97. The van der Waals surface area contributed by atoms with Crippen molar-refractivity contribution in [3.05, 3.63) is 30.5 Å². The molecule has 1 N–H and O–H groups in total. The number of hydrogen-bond acceptors (Lipinski definition) is 1. The summed E-state index contributed by atoms with van der Waals surface area (Å²) in [4.78, 5) is 14.4. The number of urea groups is 1. The Kier molecular flexibility index (Phi) is 3.86. The third kappa shape index (κ3) is 2.75. The zero-order valence-corrected chi connectivity index (χ0v) is 12.8. The van der Waals surface area contributed by atoms with E-state index in [2.05, 4.69) is 35.9 Å². The number of rotatable bonds is 2. The molecule has 0 bridgehead atoms. The van der Waals surface area contributed by atoms with Gasteiger partial charge < -0.3 is 14.8 Å². The second kappa shape index (κ2) is 5.80. The summed E-state index contributed by atoms with van der Waals surface area (Å²) in [7, 11) is 0. The van der Waals surface area contributed by atoms with Crippen LogP contribution in [0.3, 0.4) is 0 Å². The number of amides is 2. The number of carbonyl (C=O) groups excluding carboxylic acids is 1. The zero-order valence-electron chi connectivity index (χ0n) is 12.8. The first-order valence-corrected chi connectivity index (χ1v) is 7.83. The number of carbonyl (C=O) groups is 1. The Morgan fingerprint density at radius 3 is 2.95 bits per heavy atom. The molecule has 2 amide bonds. The Morgan fingerprint density at radius 1 is 1.38 bits per heavy atom. The molecule has 2 heterocycles. The molecule has 0 spiro atoms. The molecule has 0 saturated carbocycles. The van der Waals surface area contributed by atoms with Crippen molar-refractivity contribution in [2.45, 2.75) is 33.2 Å². The minimum Gasteiger partial charge on any atom is -0.346 e. The molecule has 2 aromatic rings. The highest BCUT2D eigenvalue weighted by molar-refractivity contribution is 6.01. The number of hydrogen-bond donors (Lipinski definition) is 1. The highest BCUT2D eigenvalue weighted by Gasteiger charge is 2.21. The molecule has 0 radical (unpaired) electrons. The Balaban J connectivity index is 1.83. The molecule has 112 valence electrons. The molecule has 1 aliphatic heterocycles. The topological polar surface area (TPSA) is 37.3 Å². The van der Waals surface area contributed by atoms with E-state index in [1.165, 1.54) is 11.9 Å². The summed E-state index contributed by atoms with van der Waals surface area (Å²) in [6.45, 7) is 6.95. The largest absolute Gasteiger partial charge is 0.346 e. The van der Waals surface area contributed by atoms with Crippen molar-refractivity contribution >= 4 is 22.6 Å². The van der Waals surface area contributed by atoms with Crippen LogP contribution in [0.15, 0.2) is 30.5 Å². The van der Waals surface area contributed by atoms with E-state index in [1.54, 1.807) is 0 Å². The van der Waals surface area contributed by atoms with E-state index in [4.69, 9.17) is 0 Å². The van der Waals surface area contributed by atoms with Crippen molar-refractivity contribution in [1.82, 2.24) is 9.47 Å². The van der Waals surface area contributed by atoms with Crippen LogP contribution in [0.5, 0.6) is 0 Å². The summed E-state index contributed by atoms with van der Waals surface area (Å²) in [5.41, 5.74) is 2.08. The van der Waals surface area contributed by atoms with Gasteiger partial charge in [-0.05, 0) is 31.7 Å². The fraction of sp³-hybridized carbons (Fsp3) is 0.471. The number of likely N-dealkylation sites (tertiary alicyclic amines) is 1. The molecule has 21 heavy (non-hydrogen) atoms. The molecule has 1 saturated heterocycles. The van der Waals surface area contributed by atoms with Crippen molar-refractivity contribution in [3.63, 3.8) is 0 Å². The van der Waals surface area contributed by atoms with Crippen molar-refractivity contribution in [1.29, 1.82) is 0 Å². The number of para-hydroxylation sites is 1. The lowest BCUT2D eigenvalue weighted by Crippen LogP contribution is -2.41. The summed E-state index contributed by atoms with van der Waals surface area (Å²) >= 11 is 0. The van der Waals surface area contributed by atoms with Gasteiger partial charge in [-0.2, -0.15) is 0 Å². The van der Waals surface area contributed by atoms with E-state index in [0.29, 0.717) is 5.92 Å². The van der Waals surface area contributed by atoms with E-state index in [0.717, 1.165) is 37.1 Å². The van der Waals surface area contributed by atoms with Crippen LogP contribution in [0.25, 0.3) is 10.9 Å². The first kappa shape index (κ1) is 14.0. The Morgan fingerprint density at radius 2 is 2.19 bits per heavy atom. The highest BCUT2D eigenvalue weighted by atomic mass is 16.2. The molecular formula is C17H23N3O. The number of anilines is 1. The van der Waals surface area contributed by atoms with Crippen LogP contribution < -0.4 is 5.32 Å². The summed E-state index contributed by atoms with van der Waals surface area (Å²) < 4.78 is 2.17. The van der Waals surface area contributed by atoms with E-state index >= 15 is 0 Å². The Bertz CT molecular complexity index is 647. The average Bonchev–Trinajstić information content (AvgIpc) is 2.85. The van der Waals surface area contributed by atoms with E-state index in [9.17, 15) is 4.79 Å². The number of aryl methyl sites for hydroxylation is 1. The smallest absolute Gasteiger partial charge is 0.321 e. The molecule has 1 atom stereocenters. The van der Waals surface area contributed by atoms with E-state index in [-0.39, 0.29) is 6.03 Å². The molecule has 1 aliphatic rings. The van der Waals surface area contributed by atoms with Crippen LogP contribution in [-0.2, 0) is 6.54 Å². The quantitative estimate of drug-likeness (QED) is 0.892. The summed E-state index contributed by atoms with van der Waals surface area (Å²) in [6.07, 6.45) is 4.36. The van der Waals surface area contributed by atoms with Crippen molar-refractivity contribution < 1.29 is 4.79 Å². The molecule has 3 rings (SSSR count). The second-order valence-electron chi connectivity index (χ2n) is 5.97. The molecule has 4 nitrogen and oxygen atoms in total. The summed E-state index contributed by atoms with van der Waals surface area (Å²) in [5.74, 6) is 0.599. The first-order chi connectivity index (χ1) is 10.2.